The van der Waals surface area contributed by atoms with Gasteiger partial charge >= 0.3 is 0 Å². The van der Waals surface area contributed by atoms with Crippen LogP contribution in [0.25, 0.3) is 0 Å². The van der Waals surface area contributed by atoms with E-state index in [1.807, 2.05) is 29.0 Å². The Morgan fingerprint density at radius 2 is 2.12 bits per heavy atom. The lowest BCUT2D eigenvalue weighted by Crippen LogP contribution is -2.58. The van der Waals surface area contributed by atoms with Gasteiger partial charge in [0.2, 0.25) is 5.91 Å². The van der Waals surface area contributed by atoms with Crippen LogP contribution in [0.1, 0.15) is 31.2 Å². The highest BCUT2D eigenvalue weighted by atomic mass is 16.5. The first-order chi connectivity index (χ1) is 12.8. The molecular formula is C20H26N4O2. The fourth-order valence-electron chi connectivity index (χ4n) is 4.23. The van der Waals surface area contributed by atoms with E-state index in [1.54, 1.807) is 12.5 Å². The van der Waals surface area contributed by atoms with E-state index in [-0.39, 0.29) is 11.4 Å². The molecule has 26 heavy (non-hydrogen) atoms. The fraction of sp³-hybridized carbons (Fsp3) is 0.500. The molecule has 6 nitrogen and oxygen atoms in total. The second-order valence-electron chi connectivity index (χ2n) is 7.17. The zero-order valence-electron chi connectivity index (χ0n) is 15.1. The monoisotopic (exact) mass is 354 g/mol. The number of amides is 1. The molecule has 1 spiro atoms. The predicted octanol–water partition coefficient (Wildman–Crippen LogP) is 2.21. The van der Waals surface area contributed by atoms with Gasteiger partial charge in [-0.1, -0.05) is 18.2 Å². The number of piperidine rings is 1. The number of benzene rings is 1. The van der Waals surface area contributed by atoms with Crippen LogP contribution < -0.4 is 10.1 Å². The van der Waals surface area contributed by atoms with Crippen molar-refractivity contribution in [1.29, 1.82) is 0 Å². The van der Waals surface area contributed by atoms with Gasteiger partial charge in [0.05, 0.1) is 12.9 Å². The molecule has 138 valence electrons. The predicted molar refractivity (Wildman–Crippen MR) is 98.8 cm³/mol. The van der Waals surface area contributed by atoms with Crippen molar-refractivity contribution in [3.63, 3.8) is 0 Å². The molecule has 2 saturated heterocycles. The minimum absolute atomic E-state index is 0.208. The summed E-state index contributed by atoms with van der Waals surface area (Å²) < 4.78 is 8.05. The van der Waals surface area contributed by atoms with Crippen molar-refractivity contribution in [1.82, 2.24) is 19.8 Å². The second-order valence-corrected chi connectivity index (χ2v) is 7.17. The normalized spacial score (nSPS) is 23.3. The molecule has 0 saturated carbocycles. The van der Waals surface area contributed by atoms with Crippen molar-refractivity contribution in [2.24, 2.45) is 0 Å². The molecule has 3 heterocycles. The minimum atomic E-state index is -0.317. The van der Waals surface area contributed by atoms with E-state index >= 15 is 0 Å². The smallest absolute Gasteiger partial charge is 0.240 e. The lowest BCUT2D eigenvalue weighted by atomic mass is 9.86. The molecule has 0 bridgehead atoms. The maximum absolute atomic E-state index is 12.6. The van der Waals surface area contributed by atoms with Crippen LogP contribution in [0.2, 0.25) is 0 Å². The molecule has 4 rings (SSSR count). The van der Waals surface area contributed by atoms with Crippen LogP contribution in [0.4, 0.5) is 0 Å². The Bertz CT molecular complexity index is 746. The van der Waals surface area contributed by atoms with E-state index in [2.05, 4.69) is 21.3 Å². The molecule has 2 aliphatic rings. The highest BCUT2D eigenvalue weighted by Crippen LogP contribution is 2.37. The van der Waals surface area contributed by atoms with Gasteiger partial charge < -0.3 is 14.6 Å². The van der Waals surface area contributed by atoms with Crippen LogP contribution in [0.3, 0.4) is 0 Å². The first-order valence-corrected chi connectivity index (χ1v) is 9.48. The van der Waals surface area contributed by atoms with Gasteiger partial charge in [-0.2, -0.15) is 0 Å². The number of para-hydroxylation sites is 1. The summed E-state index contributed by atoms with van der Waals surface area (Å²) in [7, 11) is 0. The third-order valence-electron chi connectivity index (χ3n) is 5.60. The zero-order valence-corrected chi connectivity index (χ0v) is 15.1. The van der Waals surface area contributed by atoms with Gasteiger partial charge in [0, 0.05) is 31.0 Å². The van der Waals surface area contributed by atoms with Gasteiger partial charge in [0.1, 0.15) is 17.9 Å². The summed E-state index contributed by atoms with van der Waals surface area (Å²) in [6.07, 6.45) is 9.57. The van der Waals surface area contributed by atoms with Crippen molar-refractivity contribution in [3.05, 3.63) is 48.5 Å². The number of carbonyl (C=O) groups excluding carboxylic acids is 1. The van der Waals surface area contributed by atoms with Crippen LogP contribution in [0.15, 0.2) is 43.0 Å². The average molecular weight is 354 g/mol. The van der Waals surface area contributed by atoms with Crippen molar-refractivity contribution >= 4 is 5.91 Å². The Balaban J connectivity index is 1.45. The Morgan fingerprint density at radius 3 is 2.96 bits per heavy atom. The number of likely N-dealkylation sites (tertiary alicyclic amines) is 1. The van der Waals surface area contributed by atoms with Crippen molar-refractivity contribution < 1.29 is 9.53 Å². The van der Waals surface area contributed by atoms with Gasteiger partial charge in [-0.05, 0) is 38.3 Å². The largest absolute Gasteiger partial charge is 0.491 e. The number of hydrogen-bond acceptors (Lipinski definition) is 4. The summed E-state index contributed by atoms with van der Waals surface area (Å²) in [6, 6.07) is 8.18. The van der Waals surface area contributed by atoms with Crippen LogP contribution in [-0.4, -0.2) is 45.6 Å². The number of hydrogen-bond donors (Lipinski definition) is 1. The first kappa shape index (κ1) is 17.1. The third-order valence-corrected chi connectivity index (χ3v) is 5.60. The van der Waals surface area contributed by atoms with Gasteiger partial charge in [0.25, 0.3) is 0 Å². The van der Waals surface area contributed by atoms with Crippen molar-refractivity contribution in [3.8, 4) is 5.75 Å². The maximum Gasteiger partial charge on any atom is 0.240 e. The lowest BCUT2D eigenvalue weighted by molar-refractivity contribution is -0.134. The van der Waals surface area contributed by atoms with E-state index in [0.717, 1.165) is 63.2 Å². The Hall–Kier alpha value is -2.34. The second kappa shape index (κ2) is 7.50. The molecule has 2 aliphatic heterocycles. The highest BCUT2D eigenvalue weighted by Gasteiger charge is 2.48. The molecule has 1 atom stereocenters. The van der Waals surface area contributed by atoms with E-state index in [0.29, 0.717) is 6.61 Å². The number of imidazole rings is 1. The maximum atomic E-state index is 12.6. The molecule has 2 aromatic rings. The average Bonchev–Trinajstić information content (AvgIpc) is 3.30. The van der Waals surface area contributed by atoms with Crippen molar-refractivity contribution in [2.45, 2.75) is 44.3 Å². The van der Waals surface area contributed by atoms with Gasteiger partial charge in [-0.3, -0.25) is 9.69 Å². The number of aromatic nitrogens is 2. The van der Waals surface area contributed by atoms with Crippen LogP contribution in [0, 0.1) is 0 Å². The van der Waals surface area contributed by atoms with Crippen molar-refractivity contribution in [2.75, 3.05) is 19.7 Å². The number of carbonyl (C=O) groups is 1. The molecule has 2 fully saturated rings. The summed E-state index contributed by atoms with van der Waals surface area (Å²) in [6.45, 7) is 3.90. The zero-order chi connectivity index (χ0) is 17.8. The Labute approximate surface area is 154 Å². The molecule has 6 heteroatoms. The molecule has 1 aromatic heterocycles. The highest BCUT2D eigenvalue weighted by molar-refractivity contribution is 5.87. The van der Waals surface area contributed by atoms with Crippen LogP contribution >= 0.6 is 0 Å². The summed E-state index contributed by atoms with van der Waals surface area (Å²) >= 11 is 0. The Morgan fingerprint density at radius 1 is 1.23 bits per heavy atom. The number of ether oxygens (including phenoxy) is 1. The topological polar surface area (TPSA) is 59.4 Å². The molecule has 0 aliphatic carbocycles. The standard InChI is InChI=1S/C20H26N4O2/c25-19-20(7-3-9-22-19)8-4-11-24(20)15-17-5-1-2-6-18(17)26-14-13-23-12-10-21-16-23/h1-2,5-6,10,12,16H,3-4,7-9,11,13-15H2,(H,22,25). The molecular weight excluding hydrogens is 328 g/mol. The number of nitrogens with zero attached hydrogens (tertiary/aromatic N) is 3. The summed E-state index contributed by atoms with van der Waals surface area (Å²) in [5, 5.41) is 3.07. The Kier molecular flexibility index (Phi) is 4.93. The first-order valence-electron chi connectivity index (χ1n) is 9.48. The van der Waals surface area contributed by atoms with E-state index in [1.165, 1.54) is 0 Å². The van der Waals surface area contributed by atoms with E-state index < -0.39 is 0 Å². The third kappa shape index (κ3) is 3.33. The quantitative estimate of drug-likeness (QED) is 0.864. The molecule has 1 aromatic carbocycles. The number of nitrogens with one attached hydrogen (secondary N) is 1. The molecule has 1 N–H and O–H groups in total. The molecule has 0 radical (unpaired) electrons. The molecule has 1 unspecified atom stereocenters. The lowest BCUT2D eigenvalue weighted by Gasteiger charge is -2.40. The summed E-state index contributed by atoms with van der Waals surface area (Å²) in [4.78, 5) is 19.0. The SMILES string of the molecule is O=C1NCCCC12CCCN2Cc1ccccc1OCCn1ccnc1. The van der Waals surface area contributed by atoms with Gasteiger partial charge in [-0.15, -0.1) is 0 Å². The molecule has 1 amide bonds. The van der Waals surface area contributed by atoms with Crippen LogP contribution in [-0.2, 0) is 17.9 Å². The minimum Gasteiger partial charge on any atom is -0.491 e. The van der Waals surface area contributed by atoms with E-state index in [4.69, 9.17) is 4.74 Å². The van der Waals surface area contributed by atoms with Crippen LogP contribution in [0.5, 0.6) is 5.75 Å². The van der Waals surface area contributed by atoms with Gasteiger partial charge in [0.15, 0.2) is 0 Å². The van der Waals surface area contributed by atoms with Gasteiger partial charge in [-0.25, -0.2) is 4.98 Å². The van der Waals surface area contributed by atoms with E-state index in [9.17, 15) is 4.79 Å². The summed E-state index contributed by atoms with van der Waals surface area (Å²) in [5.41, 5.74) is 0.833. The number of rotatable bonds is 6. The summed E-state index contributed by atoms with van der Waals surface area (Å²) in [5.74, 6) is 1.12. The fourth-order valence-corrected chi connectivity index (χ4v) is 4.23.